The lowest BCUT2D eigenvalue weighted by Crippen LogP contribution is -2.11. The Labute approximate surface area is 108 Å². The Hall–Kier alpha value is -2.63. The van der Waals surface area contributed by atoms with Crippen molar-refractivity contribution in [2.24, 2.45) is 0 Å². The van der Waals surface area contributed by atoms with E-state index in [9.17, 15) is 19.5 Å². The molecule has 0 atom stereocenters. The number of hydrogen-bond donors (Lipinski definition) is 2. The number of para-hydroxylation sites is 1. The quantitative estimate of drug-likeness (QED) is 0.350. The highest BCUT2D eigenvalue weighted by molar-refractivity contribution is 5.87. The van der Waals surface area contributed by atoms with Gasteiger partial charge >= 0.3 is 11.9 Å². The van der Waals surface area contributed by atoms with Crippen molar-refractivity contribution in [3.05, 3.63) is 35.9 Å². The van der Waals surface area contributed by atoms with Crippen LogP contribution in [0.25, 0.3) is 0 Å². The molecule has 6 nitrogen and oxygen atoms in total. The van der Waals surface area contributed by atoms with Gasteiger partial charge in [-0.15, -0.1) is 0 Å². The van der Waals surface area contributed by atoms with Crippen LogP contribution in [-0.2, 0) is 9.59 Å². The highest BCUT2D eigenvalue weighted by atomic mass is 16.5. The molecule has 2 N–H and O–H groups in total. The molecule has 100 valence electrons. The standard InChI is InChI=1S/C13H12O6/c1-8(13(17)18)5-6-11(16)19-12-9(7-14)3-2-4-10(12)15/h2-4,7,15H,1,5-6H2,(H,17,18). The van der Waals surface area contributed by atoms with Crippen molar-refractivity contribution in [2.75, 3.05) is 0 Å². The number of aromatic hydroxyl groups is 1. The first-order chi connectivity index (χ1) is 8.95. The molecule has 6 heteroatoms. The fourth-order valence-corrected chi connectivity index (χ4v) is 1.27. The van der Waals surface area contributed by atoms with E-state index in [-0.39, 0.29) is 35.5 Å². The van der Waals surface area contributed by atoms with Crippen molar-refractivity contribution >= 4 is 18.2 Å². The molecule has 0 aliphatic heterocycles. The number of phenolic OH excluding ortho intramolecular Hbond substituents is 1. The number of rotatable bonds is 6. The lowest BCUT2D eigenvalue weighted by Gasteiger charge is -2.08. The number of carboxylic acid groups (broad SMARTS) is 1. The normalized spacial score (nSPS) is 9.68. The summed E-state index contributed by atoms with van der Waals surface area (Å²) >= 11 is 0. The molecule has 0 aliphatic carbocycles. The average Bonchev–Trinajstić information content (AvgIpc) is 2.38. The second-order valence-electron chi connectivity index (χ2n) is 3.70. The average molecular weight is 264 g/mol. The van der Waals surface area contributed by atoms with Gasteiger partial charge in [0.05, 0.1) is 12.0 Å². The Kier molecular flexibility index (Phi) is 4.82. The van der Waals surface area contributed by atoms with Crippen LogP contribution in [0.5, 0.6) is 11.5 Å². The van der Waals surface area contributed by atoms with Gasteiger partial charge in [-0.25, -0.2) is 4.79 Å². The Bertz CT molecular complexity index is 532. The highest BCUT2D eigenvalue weighted by Crippen LogP contribution is 2.29. The van der Waals surface area contributed by atoms with E-state index in [1.165, 1.54) is 18.2 Å². The minimum absolute atomic E-state index is 0.0328. The first-order valence-electron chi connectivity index (χ1n) is 5.34. The van der Waals surface area contributed by atoms with Crippen LogP contribution in [0.3, 0.4) is 0 Å². The number of benzene rings is 1. The highest BCUT2D eigenvalue weighted by Gasteiger charge is 2.14. The topological polar surface area (TPSA) is 101 Å². The van der Waals surface area contributed by atoms with E-state index in [1.54, 1.807) is 0 Å². The number of phenols is 1. The molecule has 0 spiro atoms. The summed E-state index contributed by atoms with van der Waals surface area (Å²) in [6, 6.07) is 4.08. The minimum Gasteiger partial charge on any atom is -0.504 e. The van der Waals surface area contributed by atoms with Crippen LogP contribution in [0.1, 0.15) is 23.2 Å². The van der Waals surface area contributed by atoms with E-state index in [0.717, 1.165) is 0 Å². The Balaban J connectivity index is 2.70. The Morgan fingerprint density at radius 3 is 2.58 bits per heavy atom. The van der Waals surface area contributed by atoms with Gasteiger partial charge in [-0.3, -0.25) is 9.59 Å². The third-order valence-electron chi connectivity index (χ3n) is 2.30. The lowest BCUT2D eigenvalue weighted by molar-refractivity contribution is -0.134. The number of hydrogen-bond acceptors (Lipinski definition) is 5. The van der Waals surface area contributed by atoms with E-state index in [0.29, 0.717) is 6.29 Å². The fraction of sp³-hybridized carbons (Fsp3) is 0.154. The van der Waals surface area contributed by atoms with Crippen LogP contribution in [-0.4, -0.2) is 28.4 Å². The molecule has 0 saturated heterocycles. The number of carbonyl (C=O) groups is 3. The summed E-state index contributed by atoms with van der Waals surface area (Å²) in [7, 11) is 0. The van der Waals surface area contributed by atoms with Crippen LogP contribution in [0.15, 0.2) is 30.4 Å². The maximum atomic E-state index is 11.5. The van der Waals surface area contributed by atoms with E-state index in [4.69, 9.17) is 9.84 Å². The first kappa shape index (κ1) is 14.4. The first-order valence-corrected chi connectivity index (χ1v) is 5.34. The van der Waals surface area contributed by atoms with Gasteiger partial charge in [-0.05, 0) is 18.6 Å². The van der Waals surface area contributed by atoms with Crippen molar-refractivity contribution in [3.63, 3.8) is 0 Å². The van der Waals surface area contributed by atoms with Crippen LogP contribution in [0.2, 0.25) is 0 Å². The molecule has 0 unspecified atom stereocenters. The second-order valence-corrected chi connectivity index (χ2v) is 3.70. The molecular formula is C13H12O6. The van der Waals surface area contributed by atoms with Gasteiger partial charge in [0, 0.05) is 5.57 Å². The van der Waals surface area contributed by atoms with Gasteiger partial charge < -0.3 is 14.9 Å². The fourth-order valence-electron chi connectivity index (χ4n) is 1.27. The Morgan fingerprint density at radius 2 is 2.00 bits per heavy atom. The summed E-state index contributed by atoms with van der Waals surface area (Å²) in [5.41, 5.74) is -0.0877. The van der Waals surface area contributed by atoms with Gasteiger partial charge in [-0.2, -0.15) is 0 Å². The number of carbonyl (C=O) groups excluding carboxylic acids is 2. The zero-order chi connectivity index (χ0) is 14.4. The number of esters is 1. The number of aliphatic carboxylic acids is 1. The van der Waals surface area contributed by atoms with Gasteiger partial charge in [0.15, 0.2) is 17.8 Å². The zero-order valence-electron chi connectivity index (χ0n) is 9.96. The molecule has 1 aromatic rings. The van der Waals surface area contributed by atoms with Gasteiger partial charge in [0.25, 0.3) is 0 Å². The lowest BCUT2D eigenvalue weighted by atomic mass is 10.1. The van der Waals surface area contributed by atoms with Crippen molar-refractivity contribution in [1.29, 1.82) is 0 Å². The summed E-state index contributed by atoms with van der Waals surface area (Å²) in [5.74, 6) is -2.52. The second kappa shape index (κ2) is 6.34. The monoisotopic (exact) mass is 264 g/mol. The largest absolute Gasteiger partial charge is 0.504 e. The molecule has 0 aromatic heterocycles. The van der Waals surface area contributed by atoms with E-state index in [1.807, 2.05) is 0 Å². The van der Waals surface area contributed by atoms with Crippen molar-refractivity contribution < 1.29 is 29.3 Å². The van der Waals surface area contributed by atoms with Crippen LogP contribution < -0.4 is 4.74 Å². The molecule has 19 heavy (non-hydrogen) atoms. The number of aldehydes is 1. The van der Waals surface area contributed by atoms with Gasteiger partial charge in [0.2, 0.25) is 0 Å². The molecule has 0 bridgehead atoms. The smallest absolute Gasteiger partial charge is 0.330 e. The van der Waals surface area contributed by atoms with Crippen LogP contribution in [0.4, 0.5) is 0 Å². The summed E-state index contributed by atoms with van der Waals surface area (Å²) < 4.78 is 4.84. The van der Waals surface area contributed by atoms with E-state index in [2.05, 4.69) is 6.58 Å². The predicted molar refractivity (Wildman–Crippen MR) is 65.1 cm³/mol. The number of carboxylic acids is 1. The van der Waals surface area contributed by atoms with Crippen molar-refractivity contribution in [2.45, 2.75) is 12.8 Å². The maximum Gasteiger partial charge on any atom is 0.330 e. The molecule has 0 saturated carbocycles. The van der Waals surface area contributed by atoms with Gasteiger partial charge in [0.1, 0.15) is 0 Å². The van der Waals surface area contributed by atoms with E-state index >= 15 is 0 Å². The van der Waals surface area contributed by atoms with Gasteiger partial charge in [-0.1, -0.05) is 12.6 Å². The van der Waals surface area contributed by atoms with E-state index < -0.39 is 11.9 Å². The summed E-state index contributed by atoms with van der Waals surface area (Å²) in [6.07, 6.45) is 0.161. The third-order valence-corrected chi connectivity index (χ3v) is 2.30. The van der Waals surface area contributed by atoms with Crippen LogP contribution in [0, 0.1) is 0 Å². The molecule has 1 aromatic carbocycles. The maximum absolute atomic E-state index is 11.5. The molecule has 0 amide bonds. The SMILES string of the molecule is C=C(CCC(=O)Oc1c(O)cccc1C=O)C(=O)O. The predicted octanol–water partition coefficient (Wildman–Crippen LogP) is 1.53. The molecule has 0 fully saturated rings. The summed E-state index contributed by atoms with van der Waals surface area (Å²) in [5, 5.41) is 18.1. The number of ether oxygens (including phenoxy) is 1. The third kappa shape index (κ3) is 3.95. The zero-order valence-corrected chi connectivity index (χ0v) is 9.96. The van der Waals surface area contributed by atoms with Crippen molar-refractivity contribution in [3.8, 4) is 11.5 Å². The molecule has 0 aliphatic rings. The summed E-state index contributed by atoms with van der Waals surface area (Å²) in [4.78, 5) is 32.7. The molecular weight excluding hydrogens is 252 g/mol. The molecule has 0 radical (unpaired) electrons. The Morgan fingerprint density at radius 1 is 1.32 bits per heavy atom. The van der Waals surface area contributed by atoms with Crippen LogP contribution >= 0.6 is 0 Å². The molecule has 0 heterocycles. The molecule has 1 rings (SSSR count). The van der Waals surface area contributed by atoms with Crippen molar-refractivity contribution in [1.82, 2.24) is 0 Å². The minimum atomic E-state index is -1.19. The summed E-state index contributed by atoms with van der Waals surface area (Å²) in [6.45, 7) is 3.27.